The second kappa shape index (κ2) is 11.9. The molecule has 2 rings (SSSR count). The molecule has 2 atom stereocenters. The number of carbonyl (C=O) groups is 1. The molecule has 0 spiro atoms. The number of hydrogen-bond acceptors (Lipinski definition) is 5. The van der Waals surface area contributed by atoms with Crippen molar-refractivity contribution in [2.45, 2.75) is 50.8 Å². The molecule has 11 heteroatoms. The highest BCUT2D eigenvalue weighted by Gasteiger charge is 2.31. The Kier molecular flexibility index (Phi) is 9.78. The minimum Gasteiger partial charge on any atom is -0.406 e. The van der Waals surface area contributed by atoms with Gasteiger partial charge in [-0.05, 0) is 61.9 Å². The van der Waals surface area contributed by atoms with Crippen LogP contribution < -0.4 is 14.8 Å². The summed E-state index contributed by atoms with van der Waals surface area (Å²) in [6, 6.07) is 3.85. The Morgan fingerprint density at radius 1 is 1.09 bits per heavy atom. The van der Waals surface area contributed by atoms with Crippen LogP contribution in [0.4, 0.5) is 13.2 Å². The normalized spacial score (nSPS) is 20.2. The fourth-order valence-corrected chi connectivity index (χ4v) is 4.99. The molecule has 1 fully saturated rings. The number of nitrogens with zero attached hydrogens (tertiary/aromatic N) is 1. The first-order valence-electron chi connectivity index (χ1n) is 10.8. The molecule has 0 aliphatic carbocycles. The van der Waals surface area contributed by atoms with E-state index < -0.39 is 22.1 Å². The second-order valence-electron chi connectivity index (χ2n) is 8.43. The van der Waals surface area contributed by atoms with E-state index in [0.29, 0.717) is 18.4 Å². The highest BCUT2D eigenvalue weighted by molar-refractivity contribution is 7.89. The quantitative estimate of drug-likeness (QED) is 0.476. The number of likely N-dealkylation sites (tertiary alicyclic amines) is 1. The Labute approximate surface area is 187 Å². The Bertz CT molecular complexity index is 822. The topological polar surface area (TPSA) is 87.7 Å². The van der Waals surface area contributed by atoms with Crippen LogP contribution in [0.3, 0.4) is 0 Å². The van der Waals surface area contributed by atoms with E-state index in [2.05, 4.69) is 33.5 Å². The van der Waals surface area contributed by atoms with Gasteiger partial charge >= 0.3 is 6.36 Å². The van der Waals surface area contributed by atoms with Crippen molar-refractivity contribution >= 4 is 15.9 Å². The Morgan fingerprint density at radius 3 is 2.31 bits per heavy atom. The SMILES string of the molecule is CC1CC(C)CN(CCCCNC(=O)CCNS(=O)(=O)c2ccc(OC(F)(F)F)cc2)C1. The maximum Gasteiger partial charge on any atom is 0.573 e. The summed E-state index contributed by atoms with van der Waals surface area (Å²) in [6.45, 7) is 8.22. The average Bonchev–Trinajstić information content (AvgIpc) is 2.66. The number of sulfonamides is 1. The second-order valence-corrected chi connectivity index (χ2v) is 10.2. The number of amides is 1. The van der Waals surface area contributed by atoms with Crippen molar-refractivity contribution in [3.05, 3.63) is 24.3 Å². The maximum atomic E-state index is 12.2. The van der Waals surface area contributed by atoms with E-state index in [1.54, 1.807) is 0 Å². The lowest BCUT2D eigenvalue weighted by atomic mass is 9.92. The number of piperidine rings is 1. The predicted molar refractivity (Wildman–Crippen MR) is 115 cm³/mol. The number of carbonyl (C=O) groups excluding carboxylic acids is 1. The molecule has 0 radical (unpaired) electrons. The first kappa shape index (κ1) is 26.4. The number of halogens is 3. The third kappa shape index (κ3) is 9.74. The molecular weight excluding hydrogens is 447 g/mol. The largest absolute Gasteiger partial charge is 0.573 e. The van der Waals surface area contributed by atoms with Crippen LogP contribution in [-0.2, 0) is 14.8 Å². The number of hydrogen-bond donors (Lipinski definition) is 2. The van der Waals surface area contributed by atoms with Gasteiger partial charge in [-0.2, -0.15) is 0 Å². The summed E-state index contributed by atoms with van der Waals surface area (Å²) in [4.78, 5) is 14.2. The fourth-order valence-electron chi connectivity index (χ4n) is 3.95. The van der Waals surface area contributed by atoms with Crippen LogP contribution in [0.2, 0.25) is 0 Å². The summed E-state index contributed by atoms with van der Waals surface area (Å²) in [5.41, 5.74) is 0. The highest BCUT2D eigenvalue weighted by atomic mass is 32.2. The molecule has 1 heterocycles. The lowest BCUT2D eigenvalue weighted by Crippen LogP contribution is -2.39. The molecule has 2 N–H and O–H groups in total. The zero-order valence-corrected chi connectivity index (χ0v) is 19.3. The summed E-state index contributed by atoms with van der Waals surface area (Å²) < 4.78 is 66.9. The van der Waals surface area contributed by atoms with Gasteiger partial charge in [0.15, 0.2) is 0 Å². The van der Waals surface area contributed by atoms with Crippen molar-refractivity contribution in [1.82, 2.24) is 14.9 Å². The number of unbranched alkanes of at least 4 members (excludes halogenated alkanes) is 1. The van der Waals surface area contributed by atoms with Gasteiger partial charge in [-0.25, -0.2) is 13.1 Å². The molecule has 0 aromatic heterocycles. The maximum absolute atomic E-state index is 12.2. The molecular formula is C21H32F3N3O4S. The molecule has 7 nitrogen and oxygen atoms in total. The first-order valence-corrected chi connectivity index (χ1v) is 12.3. The third-order valence-corrected chi connectivity index (χ3v) is 6.66. The smallest absolute Gasteiger partial charge is 0.406 e. The van der Waals surface area contributed by atoms with E-state index in [-0.39, 0.29) is 23.8 Å². The van der Waals surface area contributed by atoms with Crippen molar-refractivity contribution in [3.63, 3.8) is 0 Å². The first-order chi connectivity index (χ1) is 14.9. The summed E-state index contributed by atoms with van der Waals surface area (Å²) in [6.07, 6.45) is -1.77. The molecule has 1 aliphatic heterocycles. The summed E-state index contributed by atoms with van der Waals surface area (Å²) >= 11 is 0. The van der Waals surface area contributed by atoms with E-state index in [1.807, 2.05) is 0 Å². The molecule has 1 aromatic rings. The molecule has 2 unspecified atom stereocenters. The van der Waals surface area contributed by atoms with Gasteiger partial charge < -0.3 is 15.0 Å². The summed E-state index contributed by atoms with van der Waals surface area (Å²) in [5, 5.41) is 2.78. The fraction of sp³-hybridized carbons (Fsp3) is 0.667. The molecule has 32 heavy (non-hydrogen) atoms. The molecule has 182 valence electrons. The molecule has 0 saturated carbocycles. The van der Waals surface area contributed by atoms with Crippen LogP contribution in [-0.4, -0.2) is 58.3 Å². The van der Waals surface area contributed by atoms with Crippen molar-refractivity contribution in [2.24, 2.45) is 11.8 Å². The van der Waals surface area contributed by atoms with Gasteiger partial charge in [0.05, 0.1) is 4.90 Å². The third-order valence-electron chi connectivity index (χ3n) is 5.18. The zero-order chi connectivity index (χ0) is 23.8. The van der Waals surface area contributed by atoms with E-state index in [0.717, 1.165) is 56.7 Å². The van der Waals surface area contributed by atoms with Crippen molar-refractivity contribution in [1.29, 1.82) is 0 Å². The van der Waals surface area contributed by atoms with E-state index in [1.165, 1.54) is 6.42 Å². The number of alkyl halides is 3. The van der Waals surface area contributed by atoms with Gasteiger partial charge in [0.1, 0.15) is 5.75 Å². The lowest BCUT2D eigenvalue weighted by molar-refractivity contribution is -0.274. The predicted octanol–water partition coefficient (Wildman–Crippen LogP) is 3.13. The van der Waals surface area contributed by atoms with Crippen LogP contribution in [0.25, 0.3) is 0 Å². The minimum atomic E-state index is -4.85. The molecule has 1 amide bonds. The van der Waals surface area contributed by atoms with E-state index >= 15 is 0 Å². The van der Waals surface area contributed by atoms with Crippen LogP contribution in [0.5, 0.6) is 5.75 Å². The van der Waals surface area contributed by atoms with Crippen LogP contribution in [0, 0.1) is 11.8 Å². The zero-order valence-electron chi connectivity index (χ0n) is 18.5. The molecule has 1 aliphatic rings. The lowest BCUT2D eigenvalue weighted by Gasteiger charge is -2.34. The summed E-state index contributed by atoms with van der Waals surface area (Å²) in [5.74, 6) is 0.656. The number of benzene rings is 1. The minimum absolute atomic E-state index is 0.0321. The number of rotatable bonds is 11. The van der Waals surface area contributed by atoms with Gasteiger partial charge in [0.2, 0.25) is 15.9 Å². The van der Waals surface area contributed by atoms with E-state index in [4.69, 9.17) is 0 Å². The monoisotopic (exact) mass is 479 g/mol. The van der Waals surface area contributed by atoms with Crippen LogP contribution in [0.1, 0.15) is 39.5 Å². The Morgan fingerprint density at radius 2 is 1.72 bits per heavy atom. The van der Waals surface area contributed by atoms with E-state index in [9.17, 15) is 26.4 Å². The standard InChI is InChI=1S/C21H32F3N3O4S/c1-16-13-17(2)15-27(14-16)12-4-3-10-25-20(28)9-11-26-32(29,30)19-7-5-18(6-8-19)31-21(22,23)24/h5-8,16-17,26H,3-4,9-15H2,1-2H3,(H,25,28). The molecule has 1 aromatic carbocycles. The summed E-state index contributed by atoms with van der Waals surface area (Å²) in [7, 11) is -3.94. The Balaban J connectivity index is 1.62. The molecule has 1 saturated heterocycles. The van der Waals surface area contributed by atoms with Crippen molar-refractivity contribution in [2.75, 3.05) is 32.7 Å². The average molecular weight is 480 g/mol. The van der Waals surface area contributed by atoms with Crippen LogP contribution in [0.15, 0.2) is 29.2 Å². The number of nitrogens with one attached hydrogen (secondary N) is 2. The van der Waals surface area contributed by atoms with Gasteiger partial charge in [-0.15, -0.1) is 13.2 Å². The molecule has 0 bridgehead atoms. The van der Waals surface area contributed by atoms with Gasteiger partial charge in [-0.1, -0.05) is 13.8 Å². The Hall–Kier alpha value is -1.85. The van der Waals surface area contributed by atoms with Crippen molar-refractivity contribution in [3.8, 4) is 5.75 Å². The highest BCUT2D eigenvalue weighted by Crippen LogP contribution is 2.24. The van der Waals surface area contributed by atoms with Crippen molar-refractivity contribution < 1.29 is 31.1 Å². The van der Waals surface area contributed by atoms with Crippen LogP contribution >= 0.6 is 0 Å². The van der Waals surface area contributed by atoms with Gasteiger partial charge in [0, 0.05) is 32.6 Å². The van der Waals surface area contributed by atoms with Gasteiger partial charge in [-0.3, -0.25) is 4.79 Å². The number of ether oxygens (including phenoxy) is 1. The van der Waals surface area contributed by atoms with Gasteiger partial charge in [0.25, 0.3) is 0 Å².